The standard InChI is InChI=1S/C12H24N2O/c1-12(5-2-3-6-12)14-7-4-11-10-15-9-8-13-11/h11,13-14H,2-10H2,1H3. The van der Waals surface area contributed by atoms with Gasteiger partial charge in [0.05, 0.1) is 13.2 Å². The molecule has 1 unspecified atom stereocenters. The van der Waals surface area contributed by atoms with Gasteiger partial charge in [0.15, 0.2) is 0 Å². The van der Waals surface area contributed by atoms with Crippen molar-refractivity contribution >= 4 is 0 Å². The Kier molecular flexibility index (Phi) is 4.00. The van der Waals surface area contributed by atoms with Gasteiger partial charge in [-0.1, -0.05) is 12.8 Å². The zero-order valence-electron chi connectivity index (χ0n) is 9.85. The second-order valence-electron chi connectivity index (χ2n) is 5.21. The molecule has 2 aliphatic rings. The summed E-state index contributed by atoms with van der Waals surface area (Å²) in [5.41, 5.74) is 0.426. The molecule has 0 bridgehead atoms. The third-order valence-corrected chi connectivity index (χ3v) is 3.75. The van der Waals surface area contributed by atoms with Crippen molar-refractivity contribution < 1.29 is 4.74 Å². The first-order chi connectivity index (χ1) is 7.29. The summed E-state index contributed by atoms with van der Waals surface area (Å²) in [6, 6.07) is 0.566. The van der Waals surface area contributed by atoms with Crippen LogP contribution in [-0.4, -0.2) is 37.9 Å². The number of hydrogen-bond acceptors (Lipinski definition) is 3. The zero-order chi connectivity index (χ0) is 10.6. The molecule has 15 heavy (non-hydrogen) atoms. The average Bonchev–Trinajstić information content (AvgIpc) is 2.67. The molecule has 2 fully saturated rings. The molecule has 3 heteroatoms. The predicted molar refractivity (Wildman–Crippen MR) is 62.1 cm³/mol. The molecule has 0 aromatic rings. The van der Waals surface area contributed by atoms with Gasteiger partial charge in [-0.25, -0.2) is 0 Å². The van der Waals surface area contributed by atoms with E-state index < -0.39 is 0 Å². The molecule has 0 aromatic heterocycles. The van der Waals surface area contributed by atoms with Crippen LogP contribution in [0.25, 0.3) is 0 Å². The van der Waals surface area contributed by atoms with Crippen LogP contribution in [0.15, 0.2) is 0 Å². The molecule has 1 aliphatic carbocycles. The molecule has 2 N–H and O–H groups in total. The lowest BCUT2D eigenvalue weighted by atomic mass is 10.0. The molecule has 1 heterocycles. The average molecular weight is 212 g/mol. The van der Waals surface area contributed by atoms with Gasteiger partial charge < -0.3 is 15.4 Å². The van der Waals surface area contributed by atoms with Crippen molar-refractivity contribution in [1.82, 2.24) is 10.6 Å². The summed E-state index contributed by atoms with van der Waals surface area (Å²) in [7, 11) is 0. The highest BCUT2D eigenvalue weighted by atomic mass is 16.5. The summed E-state index contributed by atoms with van der Waals surface area (Å²) in [6.07, 6.45) is 6.68. The highest BCUT2D eigenvalue weighted by Crippen LogP contribution is 2.28. The van der Waals surface area contributed by atoms with E-state index in [9.17, 15) is 0 Å². The van der Waals surface area contributed by atoms with Crippen LogP contribution in [-0.2, 0) is 4.74 Å². The molecule has 1 saturated heterocycles. The maximum Gasteiger partial charge on any atom is 0.0620 e. The second kappa shape index (κ2) is 5.28. The molecule has 1 aliphatic heterocycles. The van der Waals surface area contributed by atoms with Crippen molar-refractivity contribution in [3.63, 3.8) is 0 Å². The van der Waals surface area contributed by atoms with E-state index in [1.54, 1.807) is 0 Å². The molecule has 1 saturated carbocycles. The minimum atomic E-state index is 0.426. The van der Waals surface area contributed by atoms with Crippen LogP contribution in [0.2, 0.25) is 0 Å². The van der Waals surface area contributed by atoms with Gasteiger partial charge >= 0.3 is 0 Å². The highest BCUT2D eigenvalue weighted by Gasteiger charge is 2.27. The SMILES string of the molecule is CC1(NCCC2COCCN2)CCCC1. The van der Waals surface area contributed by atoms with Crippen LogP contribution < -0.4 is 10.6 Å². The Morgan fingerprint density at radius 1 is 1.40 bits per heavy atom. The smallest absolute Gasteiger partial charge is 0.0620 e. The van der Waals surface area contributed by atoms with Crippen molar-refractivity contribution in [3.05, 3.63) is 0 Å². The monoisotopic (exact) mass is 212 g/mol. The second-order valence-corrected chi connectivity index (χ2v) is 5.21. The summed E-state index contributed by atoms with van der Waals surface area (Å²) >= 11 is 0. The van der Waals surface area contributed by atoms with Crippen LogP contribution in [0.3, 0.4) is 0 Å². The Morgan fingerprint density at radius 3 is 2.87 bits per heavy atom. The van der Waals surface area contributed by atoms with Gasteiger partial charge in [0.25, 0.3) is 0 Å². The topological polar surface area (TPSA) is 33.3 Å². The Labute approximate surface area is 93.0 Å². The fraction of sp³-hybridized carbons (Fsp3) is 1.00. The Balaban J connectivity index is 1.61. The molecule has 3 nitrogen and oxygen atoms in total. The first-order valence-electron chi connectivity index (χ1n) is 6.35. The quantitative estimate of drug-likeness (QED) is 0.736. The molecule has 2 rings (SSSR count). The number of hydrogen-bond donors (Lipinski definition) is 2. The minimum absolute atomic E-state index is 0.426. The van der Waals surface area contributed by atoms with Gasteiger partial charge in [-0.3, -0.25) is 0 Å². The number of nitrogens with one attached hydrogen (secondary N) is 2. The molecule has 0 spiro atoms. The van der Waals surface area contributed by atoms with Gasteiger partial charge in [-0.2, -0.15) is 0 Å². The van der Waals surface area contributed by atoms with Gasteiger partial charge in [-0.05, 0) is 32.7 Å². The minimum Gasteiger partial charge on any atom is -0.379 e. The molecule has 1 atom stereocenters. The first kappa shape index (κ1) is 11.4. The van der Waals surface area contributed by atoms with Crippen molar-refractivity contribution in [2.45, 2.75) is 50.6 Å². The molecular weight excluding hydrogens is 188 g/mol. The van der Waals surface area contributed by atoms with Crippen molar-refractivity contribution in [1.29, 1.82) is 0 Å². The van der Waals surface area contributed by atoms with Gasteiger partial charge in [0, 0.05) is 18.1 Å². The van der Waals surface area contributed by atoms with Crippen molar-refractivity contribution in [3.8, 4) is 0 Å². The maximum absolute atomic E-state index is 5.44. The summed E-state index contributed by atoms with van der Waals surface area (Å²) in [5, 5.41) is 7.20. The van der Waals surface area contributed by atoms with Crippen LogP contribution >= 0.6 is 0 Å². The van der Waals surface area contributed by atoms with E-state index in [0.29, 0.717) is 11.6 Å². The van der Waals surface area contributed by atoms with Crippen LogP contribution in [0.1, 0.15) is 39.0 Å². The van der Waals surface area contributed by atoms with Gasteiger partial charge in [0.2, 0.25) is 0 Å². The van der Waals surface area contributed by atoms with E-state index in [4.69, 9.17) is 4.74 Å². The third kappa shape index (κ3) is 3.44. The first-order valence-corrected chi connectivity index (χ1v) is 6.35. The van der Waals surface area contributed by atoms with E-state index in [1.807, 2.05) is 0 Å². The van der Waals surface area contributed by atoms with Crippen molar-refractivity contribution in [2.75, 3.05) is 26.3 Å². The lowest BCUT2D eigenvalue weighted by molar-refractivity contribution is 0.0735. The molecule has 0 aromatic carbocycles. The van der Waals surface area contributed by atoms with E-state index in [0.717, 1.165) is 26.3 Å². The fourth-order valence-corrected chi connectivity index (χ4v) is 2.69. The Bertz CT molecular complexity index is 184. The summed E-state index contributed by atoms with van der Waals surface area (Å²) in [4.78, 5) is 0. The largest absolute Gasteiger partial charge is 0.379 e. The van der Waals surface area contributed by atoms with E-state index in [1.165, 1.54) is 32.1 Å². The third-order valence-electron chi connectivity index (χ3n) is 3.75. The lowest BCUT2D eigenvalue weighted by Gasteiger charge is -2.28. The number of ether oxygens (including phenoxy) is 1. The predicted octanol–water partition coefficient (Wildman–Crippen LogP) is 1.29. The number of morpholine rings is 1. The lowest BCUT2D eigenvalue weighted by Crippen LogP contribution is -2.46. The van der Waals surface area contributed by atoms with Gasteiger partial charge in [0.1, 0.15) is 0 Å². The summed E-state index contributed by atoms with van der Waals surface area (Å²) in [6.45, 7) is 6.27. The summed E-state index contributed by atoms with van der Waals surface area (Å²) in [5.74, 6) is 0. The van der Waals surface area contributed by atoms with E-state index in [2.05, 4.69) is 17.6 Å². The van der Waals surface area contributed by atoms with Crippen LogP contribution in [0, 0.1) is 0 Å². The normalized spacial score (nSPS) is 30.6. The van der Waals surface area contributed by atoms with Crippen molar-refractivity contribution in [2.24, 2.45) is 0 Å². The molecular formula is C12H24N2O. The van der Waals surface area contributed by atoms with E-state index in [-0.39, 0.29) is 0 Å². The number of rotatable bonds is 4. The van der Waals surface area contributed by atoms with Crippen LogP contribution in [0.5, 0.6) is 0 Å². The zero-order valence-corrected chi connectivity index (χ0v) is 9.85. The maximum atomic E-state index is 5.44. The highest BCUT2D eigenvalue weighted by molar-refractivity contribution is 4.88. The Hall–Kier alpha value is -0.120. The molecule has 88 valence electrons. The fourth-order valence-electron chi connectivity index (χ4n) is 2.69. The molecule has 0 amide bonds. The summed E-state index contributed by atoms with van der Waals surface area (Å²) < 4.78 is 5.44. The van der Waals surface area contributed by atoms with E-state index >= 15 is 0 Å². The molecule has 0 radical (unpaired) electrons. The Morgan fingerprint density at radius 2 is 2.20 bits per heavy atom. The van der Waals surface area contributed by atoms with Crippen LogP contribution in [0.4, 0.5) is 0 Å². The van der Waals surface area contributed by atoms with Gasteiger partial charge in [-0.15, -0.1) is 0 Å².